The zero-order valence-electron chi connectivity index (χ0n) is 11.0. The number of ether oxygens (including phenoxy) is 1. The lowest BCUT2D eigenvalue weighted by Crippen LogP contribution is -2.35. The van der Waals surface area contributed by atoms with E-state index in [0.717, 1.165) is 11.8 Å². The van der Waals surface area contributed by atoms with Crippen LogP contribution in [0.5, 0.6) is 0 Å². The summed E-state index contributed by atoms with van der Waals surface area (Å²) in [5.74, 6) is 1.62. The van der Waals surface area contributed by atoms with Crippen LogP contribution in [-0.4, -0.2) is 24.8 Å². The van der Waals surface area contributed by atoms with E-state index in [0.29, 0.717) is 18.2 Å². The van der Waals surface area contributed by atoms with Gasteiger partial charge in [0.05, 0.1) is 12.2 Å². The van der Waals surface area contributed by atoms with Crippen LogP contribution in [-0.2, 0) is 4.74 Å². The average molecular weight is 225 g/mol. The molecule has 2 rings (SSSR count). The van der Waals surface area contributed by atoms with Crippen LogP contribution in [0.25, 0.3) is 0 Å². The van der Waals surface area contributed by atoms with Gasteiger partial charge in [0.2, 0.25) is 0 Å². The summed E-state index contributed by atoms with van der Waals surface area (Å²) < 4.78 is 5.88. The van der Waals surface area contributed by atoms with Gasteiger partial charge in [0.1, 0.15) is 0 Å². The van der Waals surface area contributed by atoms with Crippen molar-refractivity contribution in [3.63, 3.8) is 0 Å². The van der Waals surface area contributed by atoms with E-state index in [1.54, 1.807) is 0 Å². The van der Waals surface area contributed by atoms with Crippen molar-refractivity contribution >= 4 is 0 Å². The second-order valence-electron chi connectivity index (χ2n) is 6.15. The minimum absolute atomic E-state index is 0.579. The largest absolute Gasteiger partial charge is 0.375 e. The van der Waals surface area contributed by atoms with Gasteiger partial charge in [-0.25, -0.2) is 0 Å². The molecular weight excluding hydrogens is 198 g/mol. The predicted molar refractivity (Wildman–Crippen MR) is 67.5 cm³/mol. The molecule has 4 atom stereocenters. The fourth-order valence-electron chi connectivity index (χ4n) is 3.00. The molecule has 16 heavy (non-hydrogen) atoms. The topological polar surface area (TPSA) is 21.3 Å². The Hall–Kier alpha value is -0.0800. The van der Waals surface area contributed by atoms with Crippen LogP contribution in [0.2, 0.25) is 0 Å². The maximum Gasteiger partial charge on any atom is 0.0621 e. The molecule has 1 N–H and O–H groups in total. The zero-order chi connectivity index (χ0) is 11.5. The third-order valence-electron chi connectivity index (χ3n) is 4.14. The Morgan fingerprint density at radius 3 is 2.56 bits per heavy atom. The van der Waals surface area contributed by atoms with Crippen molar-refractivity contribution in [1.29, 1.82) is 0 Å². The summed E-state index contributed by atoms with van der Waals surface area (Å²) >= 11 is 0. The molecule has 2 nitrogen and oxygen atoms in total. The molecule has 0 aromatic heterocycles. The van der Waals surface area contributed by atoms with Crippen LogP contribution in [0.4, 0.5) is 0 Å². The fourth-order valence-corrected chi connectivity index (χ4v) is 3.00. The van der Waals surface area contributed by atoms with Gasteiger partial charge in [-0.15, -0.1) is 0 Å². The first kappa shape index (κ1) is 12.4. The van der Waals surface area contributed by atoms with Gasteiger partial charge in [-0.05, 0) is 44.9 Å². The molecule has 0 aromatic carbocycles. The van der Waals surface area contributed by atoms with E-state index in [1.165, 1.54) is 38.6 Å². The van der Waals surface area contributed by atoms with Gasteiger partial charge in [-0.3, -0.25) is 0 Å². The minimum Gasteiger partial charge on any atom is -0.375 e. The summed E-state index contributed by atoms with van der Waals surface area (Å²) in [6.07, 6.45) is 7.73. The monoisotopic (exact) mass is 225 g/mol. The number of fused-ring (bicyclic) bond motifs is 2. The highest BCUT2D eigenvalue weighted by molar-refractivity contribution is 4.90. The van der Waals surface area contributed by atoms with Gasteiger partial charge in [0.15, 0.2) is 0 Å². The van der Waals surface area contributed by atoms with Crippen LogP contribution < -0.4 is 5.32 Å². The van der Waals surface area contributed by atoms with Crippen LogP contribution in [0.1, 0.15) is 52.9 Å². The average Bonchev–Trinajstić information content (AvgIpc) is 2.84. The highest BCUT2D eigenvalue weighted by Gasteiger charge is 2.40. The summed E-state index contributed by atoms with van der Waals surface area (Å²) in [5.41, 5.74) is 0. The molecule has 0 amide bonds. The van der Waals surface area contributed by atoms with Crippen molar-refractivity contribution in [2.75, 3.05) is 6.54 Å². The molecule has 2 saturated heterocycles. The van der Waals surface area contributed by atoms with Crippen molar-refractivity contribution < 1.29 is 4.74 Å². The van der Waals surface area contributed by atoms with Gasteiger partial charge < -0.3 is 10.1 Å². The van der Waals surface area contributed by atoms with Crippen LogP contribution >= 0.6 is 0 Å². The molecule has 0 saturated carbocycles. The molecule has 2 heterocycles. The zero-order valence-corrected chi connectivity index (χ0v) is 11.0. The Morgan fingerprint density at radius 2 is 2.00 bits per heavy atom. The molecule has 2 heteroatoms. The summed E-state index contributed by atoms with van der Waals surface area (Å²) in [5, 5.41) is 3.68. The Labute approximate surface area is 100 Å². The minimum atomic E-state index is 0.579. The van der Waals surface area contributed by atoms with E-state index >= 15 is 0 Å². The third kappa shape index (κ3) is 3.21. The molecule has 0 aliphatic carbocycles. The molecule has 4 unspecified atom stereocenters. The van der Waals surface area contributed by atoms with E-state index < -0.39 is 0 Å². The van der Waals surface area contributed by atoms with Crippen molar-refractivity contribution in [2.24, 2.45) is 11.8 Å². The molecule has 0 spiro atoms. The molecule has 0 radical (unpaired) electrons. The van der Waals surface area contributed by atoms with Crippen molar-refractivity contribution in [3.05, 3.63) is 0 Å². The number of nitrogens with one attached hydrogen (secondary N) is 1. The number of hydrogen-bond donors (Lipinski definition) is 1. The Bertz CT molecular complexity index is 217. The van der Waals surface area contributed by atoms with Gasteiger partial charge in [-0.2, -0.15) is 0 Å². The van der Waals surface area contributed by atoms with E-state index in [2.05, 4.69) is 26.1 Å². The second-order valence-corrected chi connectivity index (χ2v) is 6.15. The van der Waals surface area contributed by atoms with Gasteiger partial charge in [-0.1, -0.05) is 13.8 Å². The molecular formula is C14H27NO. The first-order valence-electron chi connectivity index (χ1n) is 7.04. The molecule has 2 aliphatic heterocycles. The van der Waals surface area contributed by atoms with E-state index in [9.17, 15) is 0 Å². The SMILES string of the molecule is CC(C)CCC(C)NCC1CC2CCC1O2. The molecule has 2 aliphatic rings. The number of rotatable bonds is 6. The van der Waals surface area contributed by atoms with E-state index in [4.69, 9.17) is 4.74 Å². The first-order valence-corrected chi connectivity index (χ1v) is 7.04. The molecule has 2 bridgehead atoms. The van der Waals surface area contributed by atoms with Crippen molar-refractivity contribution in [2.45, 2.75) is 71.1 Å². The lowest BCUT2D eigenvalue weighted by molar-refractivity contribution is 0.0920. The smallest absolute Gasteiger partial charge is 0.0621 e. The Kier molecular flexibility index (Phi) is 4.26. The maximum absolute atomic E-state index is 5.88. The standard InChI is InChI=1S/C14H27NO/c1-10(2)4-5-11(3)15-9-12-8-13-6-7-14(12)16-13/h10-15H,4-9H2,1-3H3. The van der Waals surface area contributed by atoms with Crippen LogP contribution in [0.15, 0.2) is 0 Å². The second kappa shape index (κ2) is 5.50. The molecule has 94 valence electrons. The van der Waals surface area contributed by atoms with E-state index in [-0.39, 0.29) is 0 Å². The predicted octanol–water partition coefficient (Wildman–Crippen LogP) is 2.97. The Morgan fingerprint density at radius 1 is 1.19 bits per heavy atom. The summed E-state index contributed by atoms with van der Waals surface area (Å²) in [6.45, 7) is 8.09. The summed E-state index contributed by atoms with van der Waals surface area (Å²) in [6, 6.07) is 0.668. The van der Waals surface area contributed by atoms with Crippen molar-refractivity contribution in [3.8, 4) is 0 Å². The van der Waals surface area contributed by atoms with Crippen LogP contribution in [0, 0.1) is 11.8 Å². The fraction of sp³-hybridized carbons (Fsp3) is 1.00. The van der Waals surface area contributed by atoms with E-state index in [1.807, 2.05) is 0 Å². The maximum atomic E-state index is 5.88. The lowest BCUT2D eigenvalue weighted by atomic mass is 9.89. The van der Waals surface area contributed by atoms with Crippen molar-refractivity contribution in [1.82, 2.24) is 5.32 Å². The Balaban J connectivity index is 1.60. The molecule has 2 fully saturated rings. The first-order chi connectivity index (χ1) is 7.65. The van der Waals surface area contributed by atoms with Gasteiger partial charge in [0.25, 0.3) is 0 Å². The van der Waals surface area contributed by atoms with Crippen LogP contribution in [0.3, 0.4) is 0 Å². The van der Waals surface area contributed by atoms with Gasteiger partial charge >= 0.3 is 0 Å². The third-order valence-corrected chi connectivity index (χ3v) is 4.14. The lowest BCUT2D eigenvalue weighted by Gasteiger charge is -2.22. The highest BCUT2D eigenvalue weighted by Crippen LogP contribution is 2.38. The van der Waals surface area contributed by atoms with Gasteiger partial charge in [0, 0.05) is 18.5 Å². The summed E-state index contributed by atoms with van der Waals surface area (Å²) in [7, 11) is 0. The quantitative estimate of drug-likeness (QED) is 0.750. The summed E-state index contributed by atoms with van der Waals surface area (Å²) in [4.78, 5) is 0. The molecule has 0 aromatic rings. The highest BCUT2D eigenvalue weighted by atomic mass is 16.5. The number of hydrogen-bond acceptors (Lipinski definition) is 2. The normalized spacial score (nSPS) is 34.9.